The molecule has 0 aliphatic rings. The normalized spacial score (nSPS) is 10.4. The van der Waals surface area contributed by atoms with Crippen LogP contribution in [0.3, 0.4) is 0 Å². The van der Waals surface area contributed by atoms with Crippen LogP contribution < -0.4 is 5.32 Å². The van der Waals surface area contributed by atoms with Crippen LogP contribution in [0.4, 0.5) is 5.69 Å². The minimum Gasteiger partial charge on any atom is -0.325 e. The summed E-state index contributed by atoms with van der Waals surface area (Å²) in [4.78, 5) is 20.6. The van der Waals surface area contributed by atoms with Crippen molar-refractivity contribution in [3.63, 3.8) is 0 Å². The second-order valence-electron chi connectivity index (χ2n) is 5.23. The second kappa shape index (κ2) is 8.65. The first-order chi connectivity index (χ1) is 12.2. The molecule has 0 bridgehead atoms. The van der Waals surface area contributed by atoms with E-state index in [2.05, 4.69) is 15.3 Å². The van der Waals surface area contributed by atoms with Gasteiger partial charge in [0, 0.05) is 17.7 Å². The molecule has 1 N–H and O–H groups in total. The van der Waals surface area contributed by atoms with Crippen LogP contribution in [-0.4, -0.2) is 21.6 Å². The molecule has 0 atom stereocenters. The molecule has 0 aliphatic carbocycles. The van der Waals surface area contributed by atoms with E-state index in [-0.39, 0.29) is 5.91 Å². The predicted molar refractivity (Wildman–Crippen MR) is 103 cm³/mol. The van der Waals surface area contributed by atoms with Crippen molar-refractivity contribution in [2.75, 3.05) is 11.1 Å². The Kier molecular flexibility index (Phi) is 6.04. The van der Waals surface area contributed by atoms with Crippen molar-refractivity contribution < 1.29 is 4.79 Å². The standard InChI is InChI=1S/C19H16ClN3OS/c20-15-8-4-5-9-16(15)23-18(24)10-11-25-19-12-17(21-13-22-19)14-6-2-1-3-7-14/h1-9,12-13H,10-11H2,(H,23,24). The lowest BCUT2D eigenvalue weighted by molar-refractivity contribution is -0.115. The Morgan fingerprint density at radius 3 is 2.60 bits per heavy atom. The van der Waals surface area contributed by atoms with Crippen molar-refractivity contribution in [1.29, 1.82) is 0 Å². The van der Waals surface area contributed by atoms with Crippen LogP contribution in [0, 0.1) is 0 Å². The van der Waals surface area contributed by atoms with Crippen LogP contribution in [0.5, 0.6) is 0 Å². The molecule has 1 amide bonds. The lowest BCUT2D eigenvalue weighted by Crippen LogP contribution is -2.12. The summed E-state index contributed by atoms with van der Waals surface area (Å²) in [5.74, 6) is 0.555. The summed E-state index contributed by atoms with van der Waals surface area (Å²) in [6.45, 7) is 0. The van der Waals surface area contributed by atoms with E-state index in [1.54, 1.807) is 18.5 Å². The van der Waals surface area contributed by atoms with Gasteiger partial charge >= 0.3 is 0 Å². The van der Waals surface area contributed by atoms with Crippen LogP contribution in [-0.2, 0) is 4.79 Å². The Morgan fingerprint density at radius 1 is 1.04 bits per heavy atom. The molecule has 0 fully saturated rings. The zero-order valence-electron chi connectivity index (χ0n) is 13.4. The number of carbonyl (C=O) groups excluding carboxylic acids is 1. The zero-order chi connectivity index (χ0) is 17.5. The molecule has 126 valence electrons. The topological polar surface area (TPSA) is 54.9 Å². The number of rotatable bonds is 6. The summed E-state index contributed by atoms with van der Waals surface area (Å²) in [5.41, 5.74) is 2.55. The average Bonchev–Trinajstić information content (AvgIpc) is 2.65. The third kappa shape index (κ3) is 5.05. The quantitative estimate of drug-likeness (QED) is 0.495. The number of amides is 1. The highest BCUT2D eigenvalue weighted by atomic mass is 35.5. The van der Waals surface area contributed by atoms with Crippen molar-refractivity contribution in [1.82, 2.24) is 9.97 Å². The molecule has 4 nitrogen and oxygen atoms in total. The van der Waals surface area contributed by atoms with Crippen molar-refractivity contribution in [2.24, 2.45) is 0 Å². The Morgan fingerprint density at radius 2 is 1.80 bits per heavy atom. The number of hydrogen-bond acceptors (Lipinski definition) is 4. The maximum Gasteiger partial charge on any atom is 0.225 e. The maximum atomic E-state index is 12.0. The minimum absolute atomic E-state index is 0.0714. The average molecular weight is 370 g/mol. The number of para-hydroxylation sites is 1. The van der Waals surface area contributed by atoms with E-state index in [0.29, 0.717) is 22.9 Å². The van der Waals surface area contributed by atoms with Crippen molar-refractivity contribution in [3.05, 3.63) is 72.0 Å². The van der Waals surface area contributed by atoms with E-state index in [0.717, 1.165) is 16.3 Å². The molecule has 0 unspecified atom stereocenters. The van der Waals surface area contributed by atoms with Crippen LogP contribution in [0.25, 0.3) is 11.3 Å². The highest BCUT2D eigenvalue weighted by Gasteiger charge is 2.07. The number of thioether (sulfide) groups is 1. The summed E-state index contributed by atoms with van der Waals surface area (Å²) >= 11 is 7.56. The molecule has 0 saturated carbocycles. The van der Waals surface area contributed by atoms with Crippen LogP contribution in [0.2, 0.25) is 5.02 Å². The Hall–Kier alpha value is -2.37. The number of aromatic nitrogens is 2. The second-order valence-corrected chi connectivity index (χ2v) is 6.76. The van der Waals surface area contributed by atoms with Gasteiger partial charge in [0.2, 0.25) is 5.91 Å². The van der Waals surface area contributed by atoms with E-state index < -0.39 is 0 Å². The van der Waals surface area contributed by atoms with Crippen LogP contribution in [0.15, 0.2) is 72.0 Å². The fraction of sp³-hybridized carbons (Fsp3) is 0.105. The highest BCUT2D eigenvalue weighted by molar-refractivity contribution is 7.99. The van der Waals surface area contributed by atoms with Gasteiger partial charge in [0.15, 0.2) is 0 Å². The van der Waals surface area contributed by atoms with E-state index in [1.807, 2.05) is 48.5 Å². The van der Waals surface area contributed by atoms with Crippen LogP contribution >= 0.6 is 23.4 Å². The summed E-state index contributed by atoms with van der Waals surface area (Å²) in [6, 6.07) is 19.1. The summed E-state index contributed by atoms with van der Waals surface area (Å²) in [6.07, 6.45) is 1.93. The van der Waals surface area contributed by atoms with E-state index in [1.165, 1.54) is 11.8 Å². The number of hydrogen-bond donors (Lipinski definition) is 1. The third-order valence-electron chi connectivity index (χ3n) is 3.44. The molecule has 25 heavy (non-hydrogen) atoms. The molecule has 0 radical (unpaired) electrons. The zero-order valence-corrected chi connectivity index (χ0v) is 14.9. The Bertz CT molecular complexity index is 858. The first-order valence-corrected chi connectivity index (χ1v) is 9.13. The molecule has 3 aromatic rings. The molecule has 1 aromatic heterocycles. The SMILES string of the molecule is O=C(CCSc1cc(-c2ccccc2)ncn1)Nc1ccccc1Cl. The van der Waals surface area contributed by atoms with Gasteiger partial charge in [0.05, 0.1) is 21.4 Å². The van der Waals surface area contributed by atoms with Gasteiger partial charge in [-0.1, -0.05) is 54.1 Å². The van der Waals surface area contributed by atoms with E-state index in [9.17, 15) is 4.79 Å². The van der Waals surface area contributed by atoms with Gasteiger partial charge in [-0.15, -0.1) is 11.8 Å². The molecular weight excluding hydrogens is 354 g/mol. The summed E-state index contributed by atoms with van der Waals surface area (Å²) < 4.78 is 0. The number of nitrogens with zero attached hydrogens (tertiary/aromatic N) is 2. The maximum absolute atomic E-state index is 12.0. The first-order valence-electron chi connectivity index (χ1n) is 7.77. The van der Waals surface area contributed by atoms with Gasteiger partial charge in [-0.25, -0.2) is 9.97 Å². The molecule has 0 aliphatic heterocycles. The van der Waals surface area contributed by atoms with Crippen LogP contribution in [0.1, 0.15) is 6.42 Å². The van der Waals surface area contributed by atoms with Crippen molar-refractivity contribution >= 4 is 35.0 Å². The van der Waals surface area contributed by atoms with Gasteiger partial charge < -0.3 is 5.32 Å². The summed E-state index contributed by atoms with van der Waals surface area (Å²) in [5, 5.41) is 4.20. The first kappa shape index (κ1) is 17.5. The number of nitrogens with one attached hydrogen (secondary N) is 1. The predicted octanol–water partition coefficient (Wildman–Crippen LogP) is 4.92. The number of carbonyl (C=O) groups is 1. The van der Waals surface area contributed by atoms with E-state index in [4.69, 9.17) is 11.6 Å². The minimum atomic E-state index is -0.0714. The highest BCUT2D eigenvalue weighted by Crippen LogP contribution is 2.23. The van der Waals surface area contributed by atoms with Gasteiger partial charge in [-0.3, -0.25) is 4.79 Å². The van der Waals surface area contributed by atoms with Gasteiger partial charge in [0.25, 0.3) is 0 Å². The lowest BCUT2D eigenvalue weighted by atomic mass is 10.1. The Labute approximate surface area is 155 Å². The molecule has 6 heteroatoms. The molecule has 0 saturated heterocycles. The van der Waals surface area contributed by atoms with Crippen molar-refractivity contribution in [2.45, 2.75) is 11.4 Å². The molecular formula is C19H16ClN3OS. The molecule has 0 spiro atoms. The third-order valence-corrected chi connectivity index (χ3v) is 4.70. The van der Waals surface area contributed by atoms with Gasteiger partial charge in [-0.2, -0.15) is 0 Å². The number of anilines is 1. The Balaban J connectivity index is 1.54. The monoisotopic (exact) mass is 369 g/mol. The number of halogens is 1. The fourth-order valence-corrected chi connectivity index (χ4v) is 3.20. The fourth-order valence-electron chi connectivity index (χ4n) is 2.21. The largest absolute Gasteiger partial charge is 0.325 e. The van der Waals surface area contributed by atoms with Gasteiger partial charge in [-0.05, 0) is 18.2 Å². The molecule has 1 heterocycles. The smallest absolute Gasteiger partial charge is 0.225 e. The van der Waals surface area contributed by atoms with Crippen molar-refractivity contribution in [3.8, 4) is 11.3 Å². The number of benzene rings is 2. The lowest BCUT2D eigenvalue weighted by Gasteiger charge is -2.07. The molecule has 3 rings (SSSR count). The van der Waals surface area contributed by atoms with Gasteiger partial charge in [0.1, 0.15) is 6.33 Å². The van der Waals surface area contributed by atoms with E-state index >= 15 is 0 Å². The molecule has 2 aromatic carbocycles. The summed E-state index contributed by atoms with van der Waals surface area (Å²) in [7, 11) is 0.